The summed E-state index contributed by atoms with van der Waals surface area (Å²) in [7, 11) is 1.66. The van der Waals surface area contributed by atoms with E-state index in [1.54, 1.807) is 29.8 Å². The molecule has 1 aromatic carbocycles. The predicted octanol–water partition coefficient (Wildman–Crippen LogP) is 2.92. The van der Waals surface area contributed by atoms with Gasteiger partial charge in [0.15, 0.2) is 5.16 Å². The SMILES string of the molecule is CCCn1c(SCC(=O)N(C)CCC#N)nc2cc(Cl)ccc2c1=O. The average molecular weight is 379 g/mol. The molecule has 0 unspecified atom stereocenters. The Balaban J connectivity index is 2.29. The highest BCUT2D eigenvalue weighted by atomic mass is 35.5. The molecular weight excluding hydrogens is 360 g/mol. The molecule has 8 heteroatoms. The number of benzene rings is 1. The molecule has 1 heterocycles. The van der Waals surface area contributed by atoms with Gasteiger partial charge in [0.25, 0.3) is 5.56 Å². The average Bonchev–Trinajstić information content (AvgIpc) is 2.60. The minimum Gasteiger partial charge on any atom is -0.344 e. The standard InChI is InChI=1S/C17H19ClN4O2S/c1-3-8-22-16(24)13-6-5-12(18)10-14(13)20-17(22)25-11-15(23)21(2)9-4-7-19/h5-6,10H,3-4,8-9,11H2,1-2H3. The number of carbonyl (C=O) groups excluding carboxylic acids is 1. The van der Waals surface area contributed by atoms with Gasteiger partial charge in [-0.3, -0.25) is 14.2 Å². The molecule has 0 saturated heterocycles. The number of hydrogen-bond acceptors (Lipinski definition) is 5. The number of rotatable bonds is 7. The molecule has 25 heavy (non-hydrogen) atoms. The summed E-state index contributed by atoms with van der Waals surface area (Å²) in [6.45, 7) is 2.90. The molecule has 0 radical (unpaired) electrons. The molecule has 2 aromatic rings. The minimum absolute atomic E-state index is 0.108. The summed E-state index contributed by atoms with van der Waals surface area (Å²) < 4.78 is 1.60. The molecule has 0 saturated carbocycles. The van der Waals surface area contributed by atoms with E-state index in [4.69, 9.17) is 16.9 Å². The first-order valence-electron chi connectivity index (χ1n) is 7.91. The summed E-state index contributed by atoms with van der Waals surface area (Å²) >= 11 is 7.23. The number of carbonyl (C=O) groups is 1. The van der Waals surface area contributed by atoms with Crippen LogP contribution in [0.2, 0.25) is 5.02 Å². The van der Waals surface area contributed by atoms with Crippen LogP contribution in [0.1, 0.15) is 19.8 Å². The van der Waals surface area contributed by atoms with Gasteiger partial charge in [-0.25, -0.2) is 4.98 Å². The van der Waals surface area contributed by atoms with E-state index in [0.717, 1.165) is 6.42 Å². The molecule has 0 N–H and O–H groups in total. The van der Waals surface area contributed by atoms with E-state index in [9.17, 15) is 9.59 Å². The molecule has 1 amide bonds. The third-order valence-corrected chi connectivity index (χ3v) is 4.84. The zero-order chi connectivity index (χ0) is 18.4. The Morgan fingerprint density at radius 1 is 1.48 bits per heavy atom. The summed E-state index contributed by atoms with van der Waals surface area (Å²) in [5, 5.41) is 10.1. The van der Waals surface area contributed by atoms with Gasteiger partial charge in [0.2, 0.25) is 5.91 Å². The molecule has 0 spiro atoms. The number of nitriles is 1. The van der Waals surface area contributed by atoms with E-state index < -0.39 is 0 Å². The number of fused-ring (bicyclic) bond motifs is 1. The normalized spacial score (nSPS) is 10.6. The van der Waals surface area contributed by atoms with Crippen molar-refractivity contribution in [3.8, 4) is 6.07 Å². The molecule has 0 fully saturated rings. The first-order valence-corrected chi connectivity index (χ1v) is 9.28. The number of aromatic nitrogens is 2. The smallest absolute Gasteiger partial charge is 0.262 e. The van der Waals surface area contributed by atoms with E-state index in [2.05, 4.69) is 4.98 Å². The van der Waals surface area contributed by atoms with Crippen molar-refractivity contribution in [1.29, 1.82) is 5.26 Å². The minimum atomic E-state index is -0.128. The first kappa shape index (κ1) is 19.3. The second-order valence-electron chi connectivity index (χ2n) is 5.52. The Kier molecular flexibility index (Phi) is 6.85. The topological polar surface area (TPSA) is 79.0 Å². The maximum Gasteiger partial charge on any atom is 0.262 e. The summed E-state index contributed by atoms with van der Waals surface area (Å²) in [6, 6.07) is 7.01. The molecule has 0 aliphatic heterocycles. The van der Waals surface area contributed by atoms with Crippen molar-refractivity contribution in [1.82, 2.24) is 14.5 Å². The van der Waals surface area contributed by atoms with Gasteiger partial charge in [0.05, 0.1) is 29.1 Å². The van der Waals surface area contributed by atoms with Crippen LogP contribution < -0.4 is 5.56 Å². The molecule has 1 aromatic heterocycles. The Morgan fingerprint density at radius 3 is 2.92 bits per heavy atom. The van der Waals surface area contributed by atoms with Gasteiger partial charge in [-0.05, 0) is 24.6 Å². The molecule has 132 valence electrons. The van der Waals surface area contributed by atoms with Crippen LogP contribution in [-0.2, 0) is 11.3 Å². The summed E-state index contributed by atoms with van der Waals surface area (Å²) in [5.41, 5.74) is 0.397. The van der Waals surface area contributed by atoms with Gasteiger partial charge in [0, 0.05) is 25.2 Å². The predicted molar refractivity (Wildman–Crippen MR) is 99.9 cm³/mol. The second kappa shape index (κ2) is 8.88. The van der Waals surface area contributed by atoms with Gasteiger partial charge in [-0.1, -0.05) is 30.3 Å². The van der Waals surface area contributed by atoms with E-state index >= 15 is 0 Å². The Morgan fingerprint density at radius 2 is 2.24 bits per heavy atom. The molecule has 6 nitrogen and oxygen atoms in total. The molecule has 0 atom stereocenters. The summed E-state index contributed by atoms with van der Waals surface area (Å²) in [5.74, 6) is 0.0493. The van der Waals surface area contributed by atoms with Crippen LogP contribution in [-0.4, -0.2) is 39.7 Å². The van der Waals surface area contributed by atoms with Gasteiger partial charge in [-0.2, -0.15) is 5.26 Å². The lowest BCUT2D eigenvalue weighted by molar-refractivity contribution is -0.127. The molecular formula is C17H19ClN4O2S. The third kappa shape index (κ3) is 4.74. The molecule has 0 aliphatic carbocycles. The van der Waals surface area contributed by atoms with Crippen LogP contribution >= 0.6 is 23.4 Å². The number of nitrogens with zero attached hydrogens (tertiary/aromatic N) is 4. The van der Waals surface area contributed by atoms with Crippen molar-refractivity contribution < 1.29 is 4.79 Å². The fourth-order valence-corrected chi connectivity index (χ4v) is 3.42. The van der Waals surface area contributed by atoms with Crippen LogP contribution in [0, 0.1) is 11.3 Å². The van der Waals surface area contributed by atoms with Crippen LogP contribution in [0.4, 0.5) is 0 Å². The summed E-state index contributed by atoms with van der Waals surface area (Å²) in [6.07, 6.45) is 1.07. The van der Waals surface area contributed by atoms with E-state index in [-0.39, 0.29) is 17.2 Å². The maximum atomic E-state index is 12.7. The number of thioether (sulfide) groups is 1. The highest BCUT2D eigenvalue weighted by Gasteiger charge is 2.15. The van der Waals surface area contributed by atoms with Crippen molar-refractivity contribution in [2.45, 2.75) is 31.5 Å². The highest BCUT2D eigenvalue weighted by molar-refractivity contribution is 7.99. The lowest BCUT2D eigenvalue weighted by Gasteiger charge is -2.16. The van der Waals surface area contributed by atoms with Crippen LogP contribution in [0.3, 0.4) is 0 Å². The second-order valence-corrected chi connectivity index (χ2v) is 6.90. The number of halogens is 1. The van der Waals surface area contributed by atoms with E-state index in [1.807, 2.05) is 13.0 Å². The Hall–Kier alpha value is -2.04. The fourth-order valence-electron chi connectivity index (χ4n) is 2.28. The van der Waals surface area contributed by atoms with Crippen LogP contribution in [0.15, 0.2) is 28.2 Å². The van der Waals surface area contributed by atoms with Crippen molar-refractivity contribution in [3.63, 3.8) is 0 Å². The lowest BCUT2D eigenvalue weighted by Crippen LogP contribution is -2.30. The highest BCUT2D eigenvalue weighted by Crippen LogP contribution is 2.21. The van der Waals surface area contributed by atoms with Crippen molar-refractivity contribution in [2.24, 2.45) is 0 Å². The molecule has 0 aliphatic rings. The zero-order valence-corrected chi connectivity index (χ0v) is 15.7. The van der Waals surface area contributed by atoms with Crippen molar-refractivity contribution in [3.05, 3.63) is 33.6 Å². The molecule has 0 bridgehead atoms. The van der Waals surface area contributed by atoms with Gasteiger partial charge in [-0.15, -0.1) is 0 Å². The quantitative estimate of drug-likeness (QED) is 0.546. The van der Waals surface area contributed by atoms with Crippen molar-refractivity contribution in [2.75, 3.05) is 19.3 Å². The molecule has 2 rings (SSSR count). The lowest BCUT2D eigenvalue weighted by atomic mass is 10.2. The van der Waals surface area contributed by atoms with Crippen molar-refractivity contribution >= 4 is 40.2 Å². The van der Waals surface area contributed by atoms with Gasteiger partial charge < -0.3 is 4.90 Å². The Bertz CT molecular complexity index is 875. The fraction of sp³-hybridized carbons (Fsp3) is 0.412. The zero-order valence-electron chi connectivity index (χ0n) is 14.2. The van der Waals surface area contributed by atoms with Gasteiger partial charge >= 0.3 is 0 Å². The first-order chi connectivity index (χ1) is 12.0. The maximum absolute atomic E-state index is 12.7. The van der Waals surface area contributed by atoms with E-state index in [1.165, 1.54) is 16.7 Å². The summed E-state index contributed by atoms with van der Waals surface area (Å²) in [4.78, 5) is 30.9. The van der Waals surface area contributed by atoms with E-state index in [0.29, 0.717) is 40.6 Å². The van der Waals surface area contributed by atoms with Gasteiger partial charge in [0.1, 0.15) is 0 Å². The third-order valence-electron chi connectivity index (χ3n) is 3.64. The largest absolute Gasteiger partial charge is 0.344 e. The monoisotopic (exact) mass is 378 g/mol. The number of amides is 1. The van der Waals surface area contributed by atoms with Crippen LogP contribution in [0.25, 0.3) is 10.9 Å². The Labute approximate surface area is 155 Å². The number of hydrogen-bond donors (Lipinski definition) is 0. The van der Waals surface area contributed by atoms with Crippen LogP contribution in [0.5, 0.6) is 0 Å².